The second kappa shape index (κ2) is 13.4. The molecule has 2 aromatic heterocycles. The van der Waals surface area contributed by atoms with Crippen LogP contribution in [0.1, 0.15) is 85.5 Å². The van der Waals surface area contributed by atoms with E-state index in [-0.39, 0.29) is 36.0 Å². The molecule has 0 unspecified atom stereocenters. The van der Waals surface area contributed by atoms with Gasteiger partial charge in [-0.1, -0.05) is 52.8 Å². The molecule has 0 amide bonds. The Morgan fingerprint density at radius 1 is 0.796 bits per heavy atom. The number of hydrogen-bond donors (Lipinski definition) is 1. The number of rotatable bonds is 8. The molecular weight excluding hydrogens is 692 g/mol. The van der Waals surface area contributed by atoms with Crippen LogP contribution < -0.4 is 0 Å². The van der Waals surface area contributed by atoms with E-state index >= 15 is 4.79 Å². The minimum absolute atomic E-state index is 0.00422. The van der Waals surface area contributed by atoms with Crippen LogP contribution in [0, 0.1) is 45.8 Å². The molecular formula is C42H46N2O10. The van der Waals surface area contributed by atoms with Gasteiger partial charge in [-0.3, -0.25) is 19.6 Å². The Kier molecular flexibility index (Phi) is 9.27. The lowest BCUT2D eigenvalue weighted by molar-refractivity contribution is -0.196. The van der Waals surface area contributed by atoms with E-state index in [1.165, 1.54) is 25.5 Å². The Bertz CT molecular complexity index is 1960. The second-order valence-electron chi connectivity index (χ2n) is 16.6. The van der Waals surface area contributed by atoms with E-state index in [0.717, 1.165) is 0 Å². The van der Waals surface area contributed by atoms with Crippen molar-refractivity contribution in [3.63, 3.8) is 0 Å². The summed E-state index contributed by atoms with van der Waals surface area (Å²) in [5.74, 6) is -5.92. The Morgan fingerprint density at radius 3 is 1.98 bits per heavy atom. The zero-order valence-corrected chi connectivity index (χ0v) is 31.3. The highest BCUT2D eigenvalue weighted by molar-refractivity contribution is 5.95. The highest BCUT2D eigenvalue weighted by atomic mass is 16.6. The van der Waals surface area contributed by atoms with Gasteiger partial charge in [-0.2, -0.15) is 0 Å². The quantitative estimate of drug-likeness (QED) is 0.235. The average molecular weight is 739 g/mol. The molecule has 3 aromatic rings. The van der Waals surface area contributed by atoms with Crippen molar-refractivity contribution < 1.29 is 48.0 Å². The summed E-state index contributed by atoms with van der Waals surface area (Å²) in [4.78, 5) is 77.2. The van der Waals surface area contributed by atoms with E-state index in [0.29, 0.717) is 12.0 Å². The number of Topliss-reactive ketones (excluding diaryl/α,β-unsaturated/α-hetero) is 1. The molecule has 0 spiro atoms. The van der Waals surface area contributed by atoms with Crippen molar-refractivity contribution in [2.24, 2.45) is 45.8 Å². The summed E-state index contributed by atoms with van der Waals surface area (Å²) in [5, 5.41) is 12.9. The molecule has 4 fully saturated rings. The summed E-state index contributed by atoms with van der Waals surface area (Å²) in [6.07, 6.45) is 2.82. The number of aromatic nitrogens is 2. The number of carbonyl (C=O) groups excluding carboxylic acids is 5. The number of benzene rings is 1. The lowest BCUT2D eigenvalue weighted by atomic mass is 9.53. The molecule has 1 N–H and O–H groups in total. The first-order valence-corrected chi connectivity index (χ1v) is 18.4. The van der Waals surface area contributed by atoms with Gasteiger partial charge in [0.2, 0.25) is 0 Å². The summed E-state index contributed by atoms with van der Waals surface area (Å²) in [6.45, 7) is 10.5. The topological polar surface area (TPSA) is 168 Å². The predicted octanol–water partition coefficient (Wildman–Crippen LogP) is 5.29. The molecule has 0 aliphatic heterocycles. The van der Waals surface area contributed by atoms with Gasteiger partial charge >= 0.3 is 23.9 Å². The van der Waals surface area contributed by atoms with Gasteiger partial charge in [-0.25, -0.2) is 14.4 Å². The van der Waals surface area contributed by atoms with E-state index in [1.54, 1.807) is 81.6 Å². The molecule has 0 saturated heterocycles. The monoisotopic (exact) mass is 738 g/mol. The van der Waals surface area contributed by atoms with Crippen molar-refractivity contribution in [3.8, 4) is 0 Å². The third kappa shape index (κ3) is 5.89. The van der Waals surface area contributed by atoms with Crippen molar-refractivity contribution in [2.45, 2.75) is 78.3 Å². The molecule has 7 rings (SSSR count). The molecule has 1 aromatic carbocycles. The number of hydrogen-bond acceptors (Lipinski definition) is 12. The Morgan fingerprint density at radius 2 is 1.39 bits per heavy atom. The summed E-state index contributed by atoms with van der Waals surface area (Å²) in [7, 11) is 0. The average Bonchev–Trinajstić information content (AvgIpc) is 3.64. The SMILES string of the molecule is CC(=O)O[C@H]1C[C@H]2[C@@H]([C@H]3C(C)(C)C(=O)[C@@]4(O)C[C@H](C)[C@H](OC(=O)c5cccnc5)[C@@H]4[C@@H](OC(=O)c4ccccc4)[C@]13C)[C@@]2(C)COC(=O)c1cccnc1. The van der Waals surface area contributed by atoms with Gasteiger partial charge in [0.05, 0.1) is 29.2 Å². The van der Waals surface area contributed by atoms with E-state index in [9.17, 15) is 24.3 Å². The summed E-state index contributed by atoms with van der Waals surface area (Å²) in [6, 6.07) is 14.8. The van der Waals surface area contributed by atoms with Crippen LogP contribution in [-0.4, -0.2) is 75.3 Å². The summed E-state index contributed by atoms with van der Waals surface area (Å²) < 4.78 is 24.9. The van der Waals surface area contributed by atoms with Gasteiger partial charge < -0.3 is 24.1 Å². The third-order valence-electron chi connectivity index (χ3n) is 13.0. The maximum atomic E-state index is 15.2. The number of pyridine rings is 2. The van der Waals surface area contributed by atoms with E-state index in [1.807, 2.05) is 13.8 Å². The maximum Gasteiger partial charge on any atom is 0.339 e. The van der Waals surface area contributed by atoms with E-state index < -0.39 is 87.6 Å². The predicted molar refractivity (Wildman–Crippen MR) is 191 cm³/mol. The van der Waals surface area contributed by atoms with Crippen molar-refractivity contribution in [1.82, 2.24) is 9.97 Å². The number of nitrogens with zero attached hydrogens (tertiary/aromatic N) is 2. The molecule has 4 aliphatic carbocycles. The highest BCUT2D eigenvalue weighted by Gasteiger charge is 2.81. The van der Waals surface area contributed by atoms with Crippen LogP contribution >= 0.6 is 0 Å². The van der Waals surface area contributed by atoms with Crippen LogP contribution in [-0.2, 0) is 28.5 Å². The maximum absolute atomic E-state index is 15.2. The smallest absolute Gasteiger partial charge is 0.339 e. The first kappa shape index (κ1) is 37.3. The number of carbonyl (C=O) groups is 5. The van der Waals surface area contributed by atoms with Crippen LogP contribution in [0.5, 0.6) is 0 Å². The van der Waals surface area contributed by atoms with Gasteiger partial charge in [0.15, 0.2) is 5.78 Å². The Balaban J connectivity index is 1.37. The first-order chi connectivity index (χ1) is 25.5. The van der Waals surface area contributed by atoms with Crippen molar-refractivity contribution in [3.05, 3.63) is 96.1 Å². The Labute approximate surface area is 314 Å². The van der Waals surface area contributed by atoms with Crippen LogP contribution in [0.4, 0.5) is 0 Å². The second-order valence-corrected chi connectivity index (χ2v) is 16.6. The highest BCUT2D eigenvalue weighted by Crippen LogP contribution is 2.77. The summed E-state index contributed by atoms with van der Waals surface area (Å²) >= 11 is 0. The molecule has 2 heterocycles. The minimum Gasteiger partial charge on any atom is -0.462 e. The number of ether oxygens (including phenoxy) is 4. The zero-order valence-electron chi connectivity index (χ0n) is 31.3. The Hall–Kier alpha value is -4.97. The van der Waals surface area contributed by atoms with Gasteiger partial charge in [-0.15, -0.1) is 0 Å². The van der Waals surface area contributed by atoms with Gasteiger partial charge in [0, 0.05) is 48.0 Å². The van der Waals surface area contributed by atoms with E-state index in [4.69, 9.17) is 18.9 Å². The fourth-order valence-corrected chi connectivity index (χ4v) is 10.7. The molecule has 11 atom stereocenters. The fourth-order valence-electron chi connectivity index (χ4n) is 10.7. The fraction of sp³-hybridized carbons (Fsp3) is 0.500. The molecule has 284 valence electrons. The number of aliphatic hydroxyl groups is 1. The van der Waals surface area contributed by atoms with Crippen molar-refractivity contribution in [1.29, 1.82) is 0 Å². The van der Waals surface area contributed by atoms with Gasteiger partial charge in [0.25, 0.3) is 0 Å². The van der Waals surface area contributed by atoms with Crippen LogP contribution in [0.2, 0.25) is 0 Å². The molecule has 54 heavy (non-hydrogen) atoms. The molecule has 0 radical (unpaired) electrons. The van der Waals surface area contributed by atoms with Crippen LogP contribution in [0.3, 0.4) is 0 Å². The normalized spacial score (nSPS) is 35.9. The zero-order chi connectivity index (χ0) is 38.8. The largest absolute Gasteiger partial charge is 0.462 e. The number of ketones is 1. The van der Waals surface area contributed by atoms with Crippen molar-refractivity contribution >= 4 is 29.7 Å². The van der Waals surface area contributed by atoms with Crippen LogP contribution in [0.25, 0.3) is 0 Å². The summed E-state index contributed by atoms with van der Waals surface area (Å²) in [5.41, 5.74) is -4.70. The molecule has 0 bridgehead atoms. The lowest BCUT2D eigenvalue weighted by Crippen LogP contribution is -2.60. The van der Waals surface area contributed by atoms with Crippen LogP contribution in [0.15, 0.2) is 79.4 Å². The minimum atomic E-state index is -2.11. The van der Waals surface area contributed by atoms with Gasteiger partial charge in [0.1, 0.15) is 23.9 Å². The molecule has 12 nitrogen and oxygen atoms in total. The molecule has 4 aliphatic rings. The number of fused-ring (bicyclic) bond motifs is 4. The lowest BCUT2D eigenvalue weighted by Gasteiger charge is -2.54. The van der Waals surface area contributed by atoms with Gasteiger partial charge in [-0.05, 0) is 72.9 Å². The standard InChI is InChI=1S/C42H46N2O10/c1-23-19-42(50)31(32(23)53-37(48)27-15-11-17-44-21-27)34(54-36(47)25-12-8-7-9-13-25)41(6)29(52-24(2)45)18-28-30(33(41)39(3,4)38(42)49)40(28,5)22-51-35(46)26-14-10-16-43-20-26/h7-17,20-21,23,28-34,50H,18-19,22H2,1-6H3/t23-,28-,29-,30-,31+,32-,33-,34+,40-,41+,42+/m0/s1. The molecule has 12 heteroatoms. The molecule has 4 saturated carbocycles. The number of esters is 4. The van der Waals surface area contributed by atoms with Crippen molar-refractivity contribution in [2.75, 3.05) is 6.61 Å². The first-order valence-electron chi connectivity index (χ1n) is 18.4. The van der Waals surface area contributed by atoms with E-state index in [2.05, 4.69) is 9.97 Å². The third-order valence-corrected chi connectivity index (χ3v) is 13.0.